The number of methoxy groups -OCH3 is 1. The minimum absolute atomic E-state index is 0.139. The highest BCUT2D eigenvalue weighted by atomic mass is 35.5. The predicted octanol–water partition coefficient (Wildman–Crippen LogP) is 4.20. The number of benzene rings is 2. The van der Waals surface area contributed by atoms with Gasteiger partial charge in [-0.3, -0.25) is 9.59 Å². The number of likely N-dealkylation sites (tertiary alicyclic amines) is 1. The number of piperidine rings is 1. The molecule has 0 bridgehead atoms. The monoisotopic (exact) mass is 514 g/mol. The van der Waals surface area contributed by atoms with Crippen LogP contribution in [0.5, 0.6) is 5.75 Å². The molecule has 1 fully saturated rings. The summed E-state index contributed by atoms with van der Waals surface area (Å²) in [6.45, 7) is 3.87. The number of esters is 1. The average molecular weight is 515 g/mol. The zero-order chi connectivity index (χ0) is 25.9. The Labute approximate surface area is 218 Å². The van der Waals surface area contributed by atoms with E-state index in [0.717, 1.165) is 29.7 Å². The molecular formula is C28H35ClN2O5. The molecule has 0 saturated carbocycles. The first-order valence-electron chi connectivity index (χ1n) is 12.5. The highest BCUT2D eigenvalue weighted by Gasteiger charge is 2.27. The van der Waals surface area contributed by atoms with Gasteiger partial charge in [0.2, 0.25) is 11.8 Å². The lowest BCUT2D eigenvalue weighted by molar-refractivity contribution is -0.145. The lowest BCUT2D eigenvalue weighted by atomic mass is 9.92. The molecular weight excluding hydrogens is 480 g/mol. The highest BCUT2D eigenvalue weighted by Crippen LogP contribution is 2.22. The summed E-state index contributed by atoms with van der Waals surface area (Å²) in [5.41, 5.74) is 1.99. The Kier molecular flexibility index (Phi) is 10.6. The van der Waals surface area contributed by atoms with Crippen molar-refractivity contribution in [2.75, 3.05) is 26.8 Å². The summed E-state index contributed by atoms with van der Waals surface area (Å²) in [7, 11) is 1.31. The van der Waals surface area contributed by atoms with E-state index < -0.39 is 12.0 Å². The van der Waals surface area contributed by atoms with Gasteiger partial charge in [-0.25, -0.2) is 4.79 Å². The third-order valence-corrected chi connectivity index (χ3v) is 6.73. The molecule has 0 aromatic heterocycles. The molecule has 194 valence electrons. The maximum Gasteiger partial charge on any atom is 0.328 e. The van der Waals surface area contributed by atoms with Crippen LogP contribution in [0, 0.1) is 5.92 Å². The molecule has 0 spiro atoms. The van der Waals surface area contributed by atoms with Crippen molar-refractivity contribution in [3.8, 4) is 5.75 Å². The van der Waals surface area contributed by atoms with Crippen LogP contribution in [-0.2, 0) is 32.0 Å². The normalized spacial score (nSPS) is 14.7. The molecule has 0 aliphatic carbocycles. The maximum atomic E-state index is 12.7. The summed E-state index contributed by atoms with van der Waals surface area (Å²) in [4.78, 5) is 39.5. The Morgan fingerprint density at radius 3 is 2.28 bits per heavy atom. The number of carbonyl (C=O) groups is 3. The predicted molar refractivity (Wildman–Crippen MR) is 139 cm³/mol. The second-order valence-corrected chi connectivity index (χ2v) is 9.52. The Balaban J connectivity index is 1.41. The molecule has 0 unspecified atom stereocenters. The first kappa shape index (κ1) is 27.5. The highest BCUT2D eigenvalue weighted by molar-refractivity contribution is 6.30. The van der Waals surface area contributed by atoms with E-state index in [4.69, 9.17) is 21.1 Å². The van der Waals surface area contributed by atoms with Crippen molar-refractivity contribution in [1.82, 2.24) is 10.2 Å². The van der Waals surface area contributed by atoms with Gasteiger partial charge in [-0.15, -0.1) is 0 Å². The maximum absolute atomic E-state index is 12.7. The number of carbonyl (C=O) groups excluding carboxylic acids is 3. The van der Waals surface area contributed by atoms with Gasteiger partial charge in [0.1, 0.15) is 11.8 Å². The van der Waals surface area contributed by atoms with Gasteiger partial charge < -0.3 is 19.7 Å². The summed E-state index contributed by atoms with van der Waals surface area (Å²) in [5.74, 6) is 0.488. The van der Waals surface area contributed by atoms with Crippen molar-refractivity contribution in [2.45, 2.75) is 51.5 Å². The number of nitrogens with zero attached hydrogens (tertiary/aromatic N) is 1. The summed E-state index contributed by atoms with van der Waals surface area (Å²) < 4.78 is 10.3. The SMILES string of the molecule is CCOc1ccc(CCC(=O)N2CCC(CC(=O)N[C@@H](Cc3ccc(Cl)cc3)C(=O)OC)CC2)cc1. The molecule has 8 heteroatoms. The number of aryl methyl sites for hydroxylation is 1. The molecule has 0 radical (unpaired) electrons. The third kappa shape index (κ3) is 8.55. The molecule has 1 saturated heterocycles. The number of amides is 2. The van der Waals surface area contributed by atoms with Crippen LogP contribution in [-0.4, -0.2) is 55.5 Å². The fourth-order valence-corrected chi connectivity index (χ4v) is 4.55. The lowest BCUT2D eigenvalue weighted by Gasteiger charge is -2.32. The molecule has 36 heavy (non-hydrogen) atoms. The van der Waals surface area contributed by atoms with Crippen molar-refractivity contribution in [3.05, 3.63) is 64.7 Å². The Morgan fingerprint density at radius 2 is 1.67 bits per heavy atom. The summed E-state index contributed by atoms with van der Waals surface area (Å²) in [5, 5.41) is 3.44. The Hall–Kier alpha value is -3.06. The van der Waals surface area contributed by atoms with Gasteiger partial charge in [0.25, 0.3) is 0 Å². The van der Waals surface area contributed by atoms with Crippen LogP contribution in [0.2, 0.25) is 5.02 Å². The van der Waals surface area contributed by atoms with E-state index in [1.165, 1.54) is 7.11 Å². The number of rotatable bonds is 11. The molecule has 2 aromatic carbocycles. The van der Waals surface area contributed by atoms with Crippen LogP contribution in [0.4, 0.5) is 0 Å². The number of ether oxygens (including phenoxy) is 2. The Bertz CT molecular complexity index is 1000. The van der Waals surface area contributed by atoms with Crippen molar-refractivity contribution < 1.29 is 23.9 Å². The molecule has 3 rings (SSSR count). The topological polar surface area (TPSA) is 84.9 Å². The van der Waals surface area contributed by atoms with Gasteiger partial charge in [-0.2, -0.15) is 0 Å². The Morgan fingerprint density at radius 1 is 1.03 bits per heavy atom. The quantitative estimate of drug-likeness (QED) is 0.454. The fraction of sp³-hybridized carbons (Fsp3) is 0.464. The third-order valence-electron chi connectivity index (χ3n) is 6.48. The van der Waals surface area contributed by atoms with E-state index in [1.807, 2.05) is 48.2 Å². The summed E-state index contributed by atoms with van der Waals surface area (Å²) in [6, 6.07) is 14.3. The van der Waals surface area contributed by atoms with Gasteiger partial charge in [-0.1, -0.05) is 35.9 Å². The molecule has 1 heterocycles. The van der Waals surface area contributed by atoms with Gasteiger partial charge in [0, 0.05) is 37.4 Å². The minimum atomic E-state index is -0.757. The van der Waals surface area contributed by atoms with Crippen LogP contribution in [0.3, 0.4) is 0 Å². The average Bonchev–Trinajstić information content (AvgIpc) is 2.89. The number of hydrogen-bond donors (Lipinski definition) is 1. The molecule has 1 N–H and O–H groups in total. The van der Waals surface area contributed by atoms with E-state index >= 15 is 0 Å². The van der Waals surface area contributed by atoms with E-state index in [0.29, 0.717) is 50.4 Å². The van der Waals surface area contributed by atoms with Gasteiger partial charge in [0.05, 0.1) is 13.7 Å². The molecule has 7 nitrogen and oxygen atoms in total. The molecule has 2 amide bonds. The van der Waals surface area contributed by atoms with E-state index in [1.54, 1.807) is 12.1 Å². The van der Waals surface area contributed by atoms with Crippen molar-refractivity contribution in [1.29, 1.82) is 0 Å². The largest absolute Gasteiger partial charge is 0.494 e. The van der Waals surface area contributed by atoms with Crippen molar-refractivity contribution in [2.24, 2.45) is 5.92 Å². The lowest BCUT2D eigenvalue weighted by Crippen LogP contribution is -2.44. The first-order chi connectivity index (χ1) is 17.4. The molecule has 1 aliphatic heterocycles. The zero-order valence-electron chi connectivity index (χ0n) is 21.0. The van der Waals surface area contributed by atoms with E-state index in [-0.39, 0.29) is 17.7 Å². The smallest absolute Gasteiger partial charge is 0.328 e. The van der Waals surface area contributed by atoms with Crippen LogP contribution in [0.1, 0.15) is 43.7 Å². The molecule has 1 aliphatic rings. The standard InChI is InChI=1S/C28H35ClN2O5/c1-3-36-24-11-6-20(7-12-24)8-13-27(33)31-16-14-22(15-17-31)19-26(32)30-25(28(34)35-2)18-21-4-9-23(29)10-5-21/h4-7,9-12,22,25H,3,8,13-19H2,1-2H3,(H,30,32)/t25-/m0/s1. The van der Waals surface area contributed by atoms with Crippen LogP contribution in [0.15, 0.2) is 48.5 Å². The van der Waals surface area contributed by atoms with Gasteiger partial charge >= 0.3 is 5.97 Å². The zero-order valence-corrected chi connectivity index (χ0v) is 21.8. The fourth-order valence-electron chi connectivity index (χ4n) is 4.42. The number of nitrogens with one attached hydrogen (secondary N) is 1. The summed E-state index contributed by atoms with van der Waals surface area (Å²) in [6.07, 6.45) is 3.34. The second kappa shape index (κ2) is 13.9. The molecule has 2 aromatic rings. The minimum Gasteiger partial charge on any atom is -0.494 e. The van der Waals surface area contributed by atoms with Gasteiger partial charge in [-0.05, 0) is 67.5 Å². The van der Waals surface area contributed by atoms with Crippen LogP contribution < -0.4 is 10.1 Å². The number of halogens is 1. The van der Waals surface area contributed by atoms with Gasteiger partial charge in [0.15, 0.2) is 0 Å². The number of hydrogen-bond acceptors (Lipinski definition) is 5. The first-order valence-corrected chi connectivity index (χ1v) is 12.9. The van der Waals surface area contributed by atoms with Crippen molar-refractivity contribution in [3.63, 3.8) is 0 Å². The van der Waals surface area contributed by atoms with E-state index in [2.05, 4.69) is 5.32 Å². The van der Waals surface area contributed by atoms with Crippen molar-refractivity contribution >= 4 is 29.4 Å². The second-order valence-electron chi connectivity index (χ2n) is 9.08. The molecule has 1 atom stereocenters. The van der Waals surface area contributed by atoms with Crippen LogP contribution in [0.25, 0.3) is 0 Å². The van der Waals surface area contributed by atoms with Crippen LogP contribution >= 0.6 is 11.6 Å². The van der Waals surface area contributed by atoms with E-state index in [9.17, 15) is 14.4 Å². The summed E-state index contributed by atoms with van der Waals surface area (Å²) >= 11 is 5.93.